The van der Waals surface area contributed by atoms with Crippen LogP contribution >= 0.6 is 22.9 Å². The second kappa shape index (κ2) is 10.2. The van der Waals surface area contributed by atoms with Gasteiger partial charge in [-0.05, 0) is 29.7 Å². The van der Waals surface area contributed by atoms with Crippen molar-refractivity contribution in [3.63, 3.8) is 0 Å². The van der Waals surface area contributed by atoms with Crippen molar-refractivity contribution >= 4 is 39.9 Å². The lowest BCUT2D eigenvalue weighted by Crippen LogP contribution is -2.21. The van der Waals surface area contributed by atoms with Gasteiger partial charge in [-0.25, -0.2) is 9.78 Å². The number of thiazole rings is 1. The van der Waals surface area contributed by atoms with Gasteiger partial charge >= 0.3 is 5.97 Å². The lowest BCUT2D eigenvalue weighted by Gasteiger charge is -2.09. The summed E-state index contributed by atoms with van der Waals surface area (Å²) < 4.78 is 5.26. The molecule has 1 N–H and O–H groups in total. The average molecular weight is 463 g/mol. The molecule has 4 rings (SSSR count). The highest BCUT2D eigenvalue weighted by atomic mass is 35.5. The van der Waals surface area contributed by atoms with Gasteiger partial charge in [0.1, 0.15) is 0 Å². The van der Waals surface area contributed by atoms with Gasteiger partial charge in [0, 0.05) is 16.0 Å². The first kappa shape index (κ1) is 21.7. The molecular formula is C25H19ClN2O3S. The van der Waals surface area contributed by atoms with Crippen LogP contribution in [0.3, 0.4) is 0 Å². The van der Waals surface area contributed by atoms with Gasteiger partial charge in [0.05, 0.1) is 11.3 Å². The third-order valence-electron chi connectivity index (χ3n) is 4.71. The second-order valence-corrected chi connectivity index (χ2v) is 8.23. The molecule has 0 fully saturated rings. The standard InChI is InChI=1S/C25H19ClN2O3S/c26-21-13-7-6-12-20(21)22-16-32-25(27-22)28-23(29)15-31-24(30)19-11-5-4-10-18(19)14-17-8-2-1-3-9-17/h1-13,16H,14-15H2,(H,27,28,29). The molecule has 32 heavy (non-hydrogen) atoms. The number of carbonyl (C=O) groups is 2. The van der Waals surface area contributed by atoms with E-state index in [1.165, 1.54) is 11.3 Å². The van der Waals surface area contributed by atoms with Crippen LogP contribution in [0.25, 0.3) is 11.3 Å². The van der Waals surface area contributed by atoms with Gasteiger partial charge < -0.3 is 4.74 Å². The van der Waals surface area contributed by atoms with Gasteiger partial charge in [0.15, 0.2) is 11.7 Å². The van der Waals surface area contributed by atoms with E-state index in [4.69, 9.17) is 16.3 Å². The Morgan fingerprint density at radius 3 is 2.47 bits per heavy atom. The van der Waals surface area contributed by atoms with E-state index in [2.05, 4.69) is 10.3 Å². The van der Waals surface area contributed by atoms with Crippen LogP contribution in [-0.2, 0) is 16.0 Å². The van der Waals surface area contributed by atoms with Crippen molar-refractivity contribution in [1.29, 1.82) is 0 Å². The molecule has 0 spiro atoms. The Kier molecular flexibility index (Phi) is 6.94. The van der Waals surface area contributed by atoms with Crippen molar-refractivity contribution in [2.45, 2.75) is 6.42 Å². The molecule has 5 nitrogen and oxygen atoms in total. The first-order chi connectivity index (χ1) is 15.6. The van der Waals surface area contributed by atoms with E-state index in [-0.39, 0.29) is 0 Å². The Morgan fingerprint density at radius 1 is 0.938 bits per heavy atom. The number of ether oxygens (including phenoxy) is 1. The van der Waals surface area contributed by atoms with Crippen LogP contribution in [0.1, 0.15) is 21.5 Å². The largest absolute Gasteiger partial charge is 0.452 e. The van der Waals surface area contributed by atoms with Gasteiger partial charge in [0.25, 0.3) is 5.91 Å². The molecule has 160 valence electrons. The minimum absolute atomic E-state index is 0.403. The molecule has 0 atom stereocenters. The smallest absolute Gasteiger partial charge is 0.338 e. The minimum Gasteiger partial charge on any atom is -0.452 e. The normalized spacial score (nSPS) is 10.5. The number of nitrogens with one attached hydrogen (secondary N) is 1. The van der Waals surface area contributed by atoms with Gasteiger partial charge in [-0.1, -0.05) is 78.3 Å². The third kappa shape index (κ3) is 5.41. The number of hydrogen-bond acceptors (Lipinski definition) is 5. The number of halogens is 1. The number of nitrogens with zero attached hydrogens (tertiary/aromatic N) is 1. The summed E-state index contributed by atoms with van der Waals surface area (Å²) in [5.74, 6) is -0.999. The monoisotopic (exact) mass is 462 g/mol. The topological polar surface area (TPSA) is 68.3 Å². The molecule has 0 bridgehead atoms. The van der Waals surface area contributed by atoms with Gasteiger partial charge in [-0.3, -0.25) is 10.1 Å². The van der Waals surface area contributed by atoms with E-state index in [0.29, 0.717) is 27.8 Å². The van der Waals surface area contributed by atoms with Crippen molar-refractivity contribution in [3.8, 4) is 11.3 Å². The zero-order valence-electron chi connectivity index (χ0n) is 17.0. The number of hydrogen-bond donors (Lipinski definition) is 1. The quantitative estimate of drug-likeness (QED) is 0.350. The molecule has 4 aromatic rings. The zero-order chi connectivity index (χ0) is 22.3. The van der Waals surface area contributed by atoms with Crippen molar-refractivity contribution < 1.29 is 14.3 Å². The van der Waals surface area contributed by atoms with Gasteiger partial charge in [-0.2, -0.15) is 0 Å². The maximum Gasteiger partial charge on any atom is 0.338 e. The van der Waals surface area contributed by atoms with Crippen LogP contribution in [0.15, 0.2) is 84.2 Å². The third-order valence-corrected chi connectivity index (χ3v) is 5.80. The van der Waals surface area contributed by atoms with Crippen LogP contribution < -0.4 is 5.32 Å². The molecule has 0 saturated carbocycles. The number of anilines is 1. The Bertz CT molecular complexity index is 1240. The summed E-state index contributed by atoms with van der Waals surface area (Å²) in [4.78, 5) is 29.3. The Morgan fingerprint density at radius 2 is 1.66 bits per heavy atom. The lowest BCUT2D eigenvalue weighted by atomic mass is 10.00. The van der Waals surface area contributed by atoms with E-state index in [0.717, 1.165) is 16.7 Å². The van der Waals surface area contributed by atoms with Crippen LogP contribution in [0.4, 0.5) is 5.13 Å². The van der Waals surface area contributed by atoms with Crippen LogP contribution in [-0.4, -0.2) is 23.5 Å². The average Bonchev–Trinajstić information content (AvgIpc) is 3.27. The predicted molar refractivity (Wildman–Crippen MR) is 127 cm³/mol. The number of esters is 1. The summed E-state index contributed by atoms with van der Waals surface area (Å²) in [5, 5.41) is 5.46. The summed E-state index contributed by atoms with van der Waals surface area (Å²) in [6.07, 6.45) is 0.599. The predicted octanol–water partition coefficient (Wildman–Crippen LogP) is 5.85. The highest BCUT2D eigenvalue weighted by Crippen LogP contribution is 2.30. The highest BCUT2D eigenvalue weighted by Gasteiger charge is 2.16. The molecule has 7 heteroatoms. The summed E-state index contributed by atoms with van der Waals surface area (Å²) in [6, 6.07) is 24.4. The molecule has 1 heterocycles. The van der Waals surface area contributed by atoms with Crippen LogP contribution in [0.2, 0.25) is 5.02 Å². The molecule has 1 amide bonds. The maximum absolute atomic E-state index is 12.6. The maximum atomic E-state index is 12.6. The van der Waals surface area contributed by atoms with Crippen molar-refractivity contribution in [3.05, 3.63) is 106 Å². The van der Waals surface area contributed by atoms with Crippen LogP contribution in [0.5, 0.6) is 0 Å². The van der Waals surface area contributed by atoms with Crippen molar-refractivity contribution in [1.82, 2.24) is 4.98 Å². The molecular weight excluding hydrogens is 444 g/mol. The molecule has 0 aliphatic rings. The van der Waals surface area contributed by atoms with Gasteiger partial charge in [0.2, 0.25) is 0 Å². The number of benzene rings is 3. The minimum atomic E-state index is -0.539. The van der Waals surface area contributed by atoms with E-state index in [1.54, 1.807) is 18.2 Å². The Balaban J connectivity index is 1.36. The van der Waals surface area contributed by atoms with E-state index < -0.39 is 18.5 Å². The second-order valence-electron chi connectivity index (χ2n) is 6.96. The summed E-state index contributed by atoms with van der Waals surface area (Å²) in [7, 11) is 0. The van der Waals surface area contributed by atoms with Crippen LogP contribution in [0, 0.1) is 0 Å². The van der Waals surface area contributed by atoms with E-state index in [1.807, 2.05) is 66.0 Å². The number of rotatable bonds is 7. The molecule has 0 unspecified atom stereocenters. The molecule has 3 aromatic carbocycles. The summed E-state index contributed by atoms with van der Waals surface area (Å²) in [5.41, 5.74) is 3.83. The molecule has 0 aliphatic heterocycles. The number of amides is 1. The SMILES string of the molecule is O=C(COC(=O)c1ccccc1Cc1ccccc1)Nc1nc(-c2ccccc2Cl)cs1. The fourth-order valence-electron chi connectivity index (χ4n) is 3.18. The van der Waals surface area contributed by atoms with E-state index in [9.17, 15) is 9.59 Å². The van der Waals surface area contributed by atoms with E-state index >= 15 is 0 Å². The molecule has 1 aromatic heterocycles. The van der Waals surface area contributed by atoms with Gasteiger partial charge in [-0.15, -0.1) is 11.3 Å². The number of aromatic nitrogens is 1. The highest BCUT2D eigenvalue weighted by molar-refractivity contribution is 7.14. The summed E-state index contributed by atoms with van der Waals surface area (Å²) in [6.45, 7) is -0.403. The first-order valence-corrected chi connectivity index (χ1v) is 11.1. The Hall–Kier alpha value is -3.48. The number of carbonyl (C=O) groups excluding carboxylic acids is 2. The molecule has 0 aliphatic carbocycles. The van der Waals surface area contributed by atoms with Crippen molar-refractivity contribution in [2.75, 3.05) is 11.9 Å². The lowest BCUT2D eigenvalue weighted by molar-refractivity contribution is -0.119. The summed E-state index contributed by atoms with van der Waals surface area (Å²) >= 11 is 7.47. The first-order valence-electron chi connectivity index (χ1n) is 9.89. The Labute approximate surface area is 194 Å². The fourth-order valence-corrected chi connectivity index (χ4v) is 4.14. The van der Waals surface area contributed by atoms with Crippen molar-refractivity contribution in [2.24, 2.45) is 0 Å². The molecule has 0 radical (unpaired) electrons. The zero-order valence-corrected chi connectivity index (χ0v) is 18.5. The molecule has 0 saturated heterocycles. The fraction of sp³-hybridized carbons (Fsp3) is 0.0800.